The lowest BCUT2D eigenvalue weighted by molar-refractivity contribution is -0.119. The van der Waals surface area contributed by atoms with Gasteiger partial charge in [-0.2, -0.15) is 0 Å². The molecule has 9 heteroatoms. The quantitative estimate of drug-likeness (QED) is 0.601. The summed E-state index contributed by atoms with van der Waals surface area (Å²) < 4.78 is 17.3. The summed E-state index contributed by atoms with van der Waals surface area (Å²) in [5, 5.41) is 6.04. The minimum absolute atomic E-state index is 0.0209. The first-order valence-electron chi connectivity index (χ1n) is 11.2. The van der Waals surface area contributed by atoms with E-state index in [4.69, 9.17) is 14.2 Å². The van der Waals surface area contributed by atoms with E-state index in [9.17, 15) is 14.4 Å². The van der Waals surface area contributed by atoms with Gasteiger partial charge < -0.3 is 24.8 Å². The van der Waals surface area contributed by atoms with E-state index in [1.165, 1.54) is 11.3 Å². The van der Waals surface area contributed by atoms with Gasteiger partial charge in [-0.15, -0.1) is 11.3 Å². The highest BCUT2D eigenvalue weighted by atomic mass is 32.1. The number of carbonyl (C=O) groups excluding carboxylic acids is 3. The number of aryl methyl sites for hydroxylation is 1. The summed E-state index contributed by atoms with van der Waals surface area (Å²) >= 11 is 1.34. The number of ether oxygens (including phenoxy) is 3. The van der Waals surface area contributed by atoms with Crippen LogP contribution in [-0.2, 0) is 14.3 Å². The average Bonchev–Trinajstić information content (AvgIpc) is 3.36. The van der Waals surface area contributed by atoms with E-state index in [0.717, 1.165) is 49.0 Å². The van der Waals surface area contributed by atoms with E-state index in [2.05, 4.69) is 10.6 Å². The van der Waals surface area contributed by atoms with Gasteiger partial charge in [0.25, 0.3) is 11.7 Å². The van der Waals surface area contributed by atoms with Crippen molar-refractivity contribution in [2.24, 2.45) is 5.92 Å². The first-order valence-corrected chi connectivity index (χ1v) is 12.1. The number of anilines is 2. The SMILES string of the molecule is Cc1sc(NC(=O)C2CC2)c(C(=O)OCC(=O)Nc2ccc3c(c2)OC2(CCCC2)O3)c1C. The van der Waals surface area contributed by atoms with Gasteiger partial charge in [0.05, 0.1) is 5.56 Å². The lowest BCUT2D eigenvalue weighted by Crippen LogP contribution is -2.34. The number of esters is 1. The highest BCUT2D eigenvalue weighted by Crippen LogP contribution is 2.47. The molecule has 0 radical (unpaired) electrons. The topological polar surface area (TPSA) is 103 Å². The summed E-state index contributed by atoms with van der Waals surface area (Å²) in [6.07, 6.45) is 5.58. The molecule has 5 rings (SSSR count). The molecule has 2 aliphatic carbocycles. The molecule has 2 heterocycles. The lowest BCUT2D eigenvalue weighted by Gasteiger charge is -2.21. The zero-order valence-electron chi connectivity index (χ0n) is 18.6. The number of hydrogen-bond donors (Lipinski definition) is 2. The Kier molecular flexibility index (Phi) is 5.52. The lowest BCUT2D eigenvalue weighted by atomic mass is 10.1. The monoisotopic (exact) mass is 470 g/mol. The molecule has 1 aliphatic heterocycles. The minimum Gasteiger partial charge on any atom is -0.452 e. The Labute approximate surface area is 195 Å². The molecule has 0 atom stereocenters. The largest absolute Gasteiger partial charge is 0.452 e. The van der Waals surface area contributed by atoms with Crippen LogP contribution in [0.4, 0.5) is 10.7 Å². The van der Waals surface area contributed by atoms with Crippen molar-refractivity contribution in [3.05, 3.63) is 34.2 Å². The van der Waals surface area contributed by atoms with E-state index in [0.29, 0.717) is 27.8 Å². The maximum absolute atomic E-state index is 12.7. The maximum Gasteiger partial charge on any atom is 0.341 e. The highest BCUT2D eigenvalue weighted by molar-refractivity contribution is 7.16. The third kappa shape index (κ3) is 4.42. The molecular weight excluding hydrogens is 444 g/mol. The van der Waals surface area contributed by atoms with Crippen LogP contribution < -0.4 is 20.1 Å². The maximum atomic E-state index is 12.7. The third-order valence-electron chi connectivity index (χ3n) is 6.29. The summed E-state index contributed by atoms with van der Waals surface area (Å²) in [5.41, 5.74) is 1.59. The predicted octanol–water partition coefficient (Wildman–Crippen LogP) is 4.55. The van der Waals surface area contributed by atoms with Crippen molar-refractivity contribution < 1.29 is 28.6 Å². The van der Waals surface area contributed by atoms with Crippen molar-refractivity contribution in [1.82, 2.24) is 0 Å². The number of fused-ring (bicyclic) bond motifs is 1. The van der Waals surface area contributed by atoms with Gasteiger partial charge in [0.2, 0.25) is 5.91 Å². The third-order valence-corrected chi connectivity index (χ3v) is 7.42. The summed E-state index contributed by atoms with van der Waals surface area (Å²) in [7, 11) is 0. The molecule has 1 spiro atoms. The van der Waals surface area contributed by atoms with E-state index in [-0.39, 0.29) is 11.8 Å². The molecule has 0 unspecified atom stereocenters. The van der Waals surface area contributed by atoms with Crippen LogP contribution in [0.25, 0.3) is 0 Å². The van der Waals surface area contributed by atoms with Crippen LogP contribution in [0.1, 0.15) is 59.3 Å². The van der Waals surface area contributed by atoms with E-state index in [1.807, 2.05) is 6.92 Å². The zero-order chi connectivity index (χ0) is 23.2. The van der Waals surface area contributed by atoms with Crippen LogP contribution in [0, 0.1) is 19.8 Å². The van der Waals surface area contributed by atoms with Crippen LogP contribution in [0.15, 0.2) is 18.2 Å². The molecule has 8 nitrogen and oxygen atoms in total. The summed E-state index contributed by atoms with van der Waals surface area (Å²) in [6, 6.07) is 5.23. The van der Waals surface area contributed by atoms with Gasteiger partial charge in [0, 0.05) is 35.4 Å². The Hall–Kier alpha value is -3.07. The van der Waals surface area contributed by atoms with E-state index >= 15 is 0 Å². The number of amides is 2. The number of thiophene rings is 1. The Morgan fingerprint density at radius 3 is 2.55 bits per heavy atom. The number of nitrogens with one attached hydrogen (secondary N) is 2. The molecule has 2 N–H and O–H groups in total. The molecule has 2 saturated carbocycles. The molecule has 33 heavy (non-hydrogen) atoms. The van der Waals surface area contributed by atoms with Crippen LogP contribution in [0.5, 0.6) is 11.5 Å². The second kappa shape index (κ2) is 8.37. The van der Waals surface area contributed by atoms with Crippen molar-refractivity contribution in [3.8, 4) is 11.5 Å². The molecule has 0 bridgehead atoms. The molecule has 3 aliphatic rings. The highest BCUT2D eigenvalue weighted by Gasteiger charge is 2.44. The van der Waals surface area contributed by atoms with E-state index in [1.54, 1.807) is 25.1 Å². The fraction of sp³-hybridized carbons (Fsp3) is 0.458. The van der Waals surface area contributed by atoms with Crippen molar-refractivity contribution in [3.63, 3.8) is 0 Å². The molecule has 174 valence electrons. The molecule has 1 aromatic heterocycles. The molecular formula is C24H26N2O6S. The fourth-order valence-electron chi connectivity index (χ4n) is 4.21. The number of carbonyl (C=O) groups is 3. The molecule has 0 saturated heterocycles. The summed E-state index contributed by atoms with van der Waals surface area (Å²) in [5.74, 6) is -0.447. The molecule has 2 amide bonds. The first kappa shape index (κ1) is 21.8. The molecule has 1 aromatic carbocycles. The zero-order valence-corrected chi connectivity index (χ0v) is 19.4. The van der Waals surface area contributed by atoms with Crippen molar-refractivity contribution in [2.45, 2.75) is 58.2 Å². The van der Waals surface area contributed by atoms with Gasteiger partial charge in [-0.3, -0.25) is 9.59 Å². The Morgan fingerprint density at radius 1 is 1.09 bits per heavy atom. The Balaban J connectivity index is 1.19. The Morgan fingerprint density at radius 2 is 1.82 bits per heavy atom. The molecule has 2 fully saturated rings. The summed E-state index contributed by atoms with van der Waals surface area (Å²) in [6.45, 7) is 3.24. The number of rotatable bonds is 6. The number of hydrogen-bond acceptors (Lipinski definition) is 7. The predicted molar refractivity (Wildman–Crippen MR) is 123 cm³/mol. The van der Waals surface area contributed by atoms with Gasteiger partial charge in [-0.1, -0.05) is 0 Å². The standard InChI is InChI=1S/C24H26N2O6S/c1-13-14(2)33-22(26-21(28)15-5-6-15)20(13)23(29)30-12-19(27)25-16-7-8-17-18(11-16)32-24(31-17)9-3-4-10-24/h7-8,11,15H,3-6,9-10,12H2,1-2H3,(H,25,27)(H,26,28). The van der Waals surface area contributed by atoms with Crippen molar-refractivity contribution >= 4 is 39.8 Å². The van der Waals surface area contributed by atoms with Crippen molar-refractivity contribution in [1.29, 1.82) is 0 Å². The van der Waals surface area contributed by atoms with Crippen LogP contribution in [0.2, 0.25) is 0 Å². The van der Waals surface area contributed by atoms with Crippen LogP contribution >= 0.6 is 11.3 Å². The van der Waals surface area contributed by atoms with Gasteiger partial charge in [-0.05, 0) is 57.2 Å². The smallest absolute Gasteiger partial charge is 0.341 e. The number of benzene rings is 1. The van der Waals surface area contributed by atoms with Gasteiger partial charge >= 0.3 is 5.97 Å². The van der Waals surface area contributed by atoms with E-state index < -0.39 is 24.3 Å². The Bertz CT molecular complexity index is 1130. The van der Waals surface area contributed by atoms with Gasteiger partial charge in [-0.25, -0.2) is 4.79 Å². The van der Waals surface area contributed by atoms with Crippen LogP contribution in [-0.4, -0.2) is 30.2 Å². The van der Waals surface area contributed by atoms with Gasteiger partial charge in [0.15, 0.2) is 18.1 Å². The normalized spacial score (nSPS) is 17.8. The molecule has 2 aromatic rings. The van der Waals surface area contributed by atoms with Crippen molar-refractivity contribution in [2.75, 3.05) is 17.2 Å². The minimum atomic E-state index is -0.632. The second-order valence-electron chi connectivity index (χ2n) is 8.86. The first-order chi connectivity index (χ1) is 15.8. The van der Waals surface area contributed by atoms with Gasteiger partial charge in [0.1, 0.15) is 5.00 Å². The fourth-order valence-corrected chi connectivity index (χ4v) is 5.26. The van der Waals surface area contributed by atoms with Crippen LogP contribution in [0.3, 0.4) is 0 Å². The second-order valence-corrected chi connectivity index (χ2v) is 10.1. The summed E-state index contributed by atoms with van der Waals surface area (Å²) in [4.78, 5) is 38.2. The average molecular weight is 471 g/mol.